The largest absolute Gasteiger partial charge is 0.487 e. The van der Waals surface area contributed by atoms with E-state index in [0.717, 1.165) is 58.7 Å². The van der Waals surface area contributed by atoms with E-state index in [-0.39, 0.29) is 11.6 Å². The SMILES string of the molecule is CC1=CC(O)N2c3c1cc1c(C)cc(=O)n(C)c1c3OC[C@@H]2CN1CCCCC1. The molecular weight excluding hydrogens is 366 g/mol. The van der Waals surface area contributed by atoms with Crippen molar-refractivity contribution in [3.63, 3.8) is 0 Å². The zero-order chi connectivity index (χ0) is 20.3. The molecule has 29 heavy (non-hydrogen) atoms. The topological polar surface area (TPSA) is 57.9 Å². The zero-order valence-corrected chi connectivity index (χ0v) is 17.4. The highest BCUT2D eigenvalue weighted by atomic mass is 16.5. The Balaban J connectivity index is 1.68. The minimum Gasteiger partial charge on any atom is -0.487 e. The molecule has 3 aliphatic rings. The van der Waals surface area contributed by atoms with Crippen LogP contribution in [-0.4, -0.2) is 53.1 Å². The van der Waals surface area contributed by atoms with Gasteiger partial charge in [-0.05, 0) is 63.1 Å². The number of pyridine rings is 1. The highest BCUT2D eigenvalue weighted by Crippen LogP contribution is 2.48. The van der Waals surface area contributed by atoms with Crippen molar-refractivity contribution in [2.24, 2.45) is 7.05 Å². The number of likely N-dealkylation sites (tertiary alicyclic amines) is 1. The van der Waals surface area contributed by atoms with E-state index in [9.17, 15) is 9.90 Å². The first-order valence-electron chi connectivity index (χ1n) is 10.6. The standard InChI is InChI=1S/C23H29N3O3/c1-14-9-19(27)24(3)21-17(14)11-18-15(2)10-20(28)26-16(13-29-23(21)22(18)26)12-25-7-5-4-6-8-25/h9-11,16,20,28H,4-8,12-13H2,1-3H3/t16-,20?/m0/s1. The maximum Gasteiger partial charge on any atom is 0.251 e. The quantitative estimate of drug-likeness (QED) is 0.847. The minimum absolute atomic E-state index is 0.0413. The molecule has 0 aliphatic carbocycles. The second kappa shape index (κ2) is 6.89. The Hall–Kier alpha value is -2.31. The van der Waals surface area contributed by atoms with Gasteiger partial charge in [0.15, 0.2) is 5.75 Å². The third-order valence-corrected chi connectivity index (χ3v) is 6.76. The fourth-order valence-corrected chi connectivity index (χ4v) is 5.20. The molecule has 6 heteroatoms. The molecule has 1 aromatic carbocycles. The molecule has 4 heterocycles. The van der Waals surface area contributed by atoms with Crippen molar-refractivity contribution >= 4 is 22.2 Å². The lowest BCUT2D eigenvalue weighted by Crippen LogP contribution is -2.55. The number of rotatable bonds is 2. The molecule has 3 aliphatic heterocycles. The van der Waals surface area contributed by atoms with Crippen LogP contribution in [0.1, 0.15) is 37.3 Å². The maximum absolute atomic E-state index is 12.5. The van der Waals surface area contributed by atoms with Crippen molar-refractivity contribution in [2.45, 2.75) is 45.4 Å². The fourth-order valence-electron chi connectivity index (χ4n) is 5.20. The Morgan fingerprint density at radius 3 is 2.69 bits per heavy atom. The number of aliphatic hydroxyl groups excluding tert-OH is 1. The molecule has 5 rings (SSSR count). The lowest BCUT2D eigenvalue weighted by molar-refractivity contribution is 0.134. The Kier molecular flexibility index (Phi) is 4.44. The summed E-state index contributed by atoms with van der Waals surface area (Å²) in [6, 6.07) is 3.91. The summed E-state index contributed by atoms with van der Waals surface area (Å²) in [4.78, 5) is 17.1. The summed E-state index contributed by atoms with van der Waals surface area (Å²) in [5.41, 5.74) is 4.79. The molecule has 1 aromatic heterocycles. The molecule has 0 saturated carbocycles. The number of benzene rings is 1. The Morgan fingerprint density at radius 1 is 1.17 bits per heavy atom. The Labute approximate surface area is 171 Å². The van der Waals surface area contributed by atoms with E-state index in [1.54, 1.807) is 17.7 Å². The molecule has 0 bridgehead atoms. The van der Waals surface area contributed by atoms with Gasteiger partial charge in [0.2, 0.25) is 0 Å². The van der Waals surface area contributed by atoms with E-state index in [1.165, 1.54) is 19.3 Å². The number of nitrogens with zero attached hydrogens (tertiary/aromatic N) is 3. The van der Waals surface area contributed by atoms with Crippen molar-refractivity contribution in [1.29, 1.82) is 0 Å². The van der Waals surface area contributed by atoms with Crippen LogP contribution in [0.4, 0.5) is 5.69 Å². The predicted molar refractivity (Wildman–Crippen MR) is 116 cm³/mol. The molecular formula is C23H29N3O3. The van der Waals surface area contributed by atoms with Crippen molar-refractivity contribution in [3.8, 4) is 5.75 Å². The fraction of sp³-hybridized carbons (Fsp3) is 0.522. The molecule has 1 N–H and O–H groups in total. The molecule has 0 amide bonds. The van der Waals surface area contributed by atoms with Gasteiger partial charge in [0.1, 0.15) is 12.8 Å². The van der Waals surface area contributed by atoms with Crippen molar-refractivity contribution in [1.82, 2.24) is 9.47 Å². The summed E-state index contributed by atoms with van der Waals surface area (Å²) in [5.74, 6) is 0.724. The third-order valence-electron chi connectivity index (χ3n) is 6.76. The lowest BCUT2D eigenvalue weighted by Gasteiger charge is -2.46. The molecule has 1 unspecified atom stereocenters. The highest BCUT2D eigenvalue weighted by Gasteiger charge is 2.39. The van der Waals surface area contributed by atoms with Gasteiger partial charge in [0, 0.05) is 30.6 Å². The first-order valence-corrected chi connectivity index (χ1v) is 10.6. The highest BCUT2D eigenvalue weighted by molar-refractivity contribution is 6.00. The summed E-state index contributed by atoms with van der Waals surface area (Å²) in [6.45, 7) is 7.62. The summed E-state index contributed by atoms with van der Waals surface area (Å²) >= 11 is 0. The minimum atomic E-state index is -0.681. The summed E-state index contributed by atoms with van der Waals surface area (Å²) in [6.07, 6.45) is 5.04. The number of aliphatic hydroxyl groups is 1. The number of allylic oxidation sites excluding steroid dienone is 1. The van der Waals surface area contributed by atoms with Crippen molar-refractivity contribution in [3.05, 3.63) is 39.7 Å². The first-order chi connectivity index (χ1) is 14.0. The van der Waals surface area contributed by atoms with Crippen LogP contribution >= 0.6 is 0 Å². The number of hydrogen-bond donors (Lipinski definition) is 1. The van der Waals surface area contributed by atoms with Crippen LogP contribution in [0.5, 0.6) is 5.75 Å². The van der Waals surface area contributed by atoms with Gasteiger partial charge in [0.05, 0.1) is 17.2 Å². The predicted octanol–water partition coefficient (Wildman–Crippen LogP) is 2.64. The van der Waals surface area contributed by atoms with Crippen LogP contribution in [0.25, 0.3) is 16.5 Å². The average molecular weight is 396 g/mol. The molecule has 0 radical (unpaired) electrons. The van der Waals surface area contributed by atoms with Gasteiger partial charge in [0.25, 0.3) is 5.56 Å². The van der Waals surface area contributed by atoms with Gasteiger partial charge < -0.3 is 24.2 Å². The van der Waals surface area contributed by atoms with Crippen LogP contribution in [-0.2, 0) is 7.05 Å². The number of fused-ring (bicyclic) bond motifs is 2. The Bertz CT molecular complexity index is 1070. The lowest BCUT2D eigenvalue weighted by atomic mass is 9.92. The Morgan fingerprint density at radius 2 is 1.93 bits per heavy atom. The molecule has 1 fully saturated rings. The van der Waals surface area contributed by atoms with E-state index in [2.05, 4.69) is 15.9 Å². The number of aromatic nitrogens is 1. The second-order valence-electron chi connectivity index (χ2n) is 8.72. The van der Waals surface area contributed by atoms with Crippen LogP contribution in [0.3, 0.4) is 0 Å². The van der Waals surface area contributed by atoms with Gasteiger partial charge >= 0.3 is 0 Å². The number of aryl methyl sites for hydroxylation is 2. The molecule has 2 aromatic rings. The van der Waals surface area contributed by atoms with E-state index in [4.69, 9.17) is 4.74 Å². The summed E-state index contributed by atoms with van der Waals surface area (Å²) in [7, 11) is 1.79. The number of ether oxygens (including phenoxy) is 1. The summed E-state index contributed by atoms with van der Waals surface area (Å²) < 4.78 is 8.03. The van der Waals surface area contributed by atoms with Crippen LogP contribution in [0.15, 0.2) is 23.0 Å². The van der Waals surface area contributed by atoms with E-state index >= 15 is 0 Å². The summed E-state index contributed by atoms with van der Waals surface area (Å²) in [5, 5.41) is 12.0. The molecule has 1 saturated heterocycles. The molecule has 6 nitrogen and oxygen atoms in total. The number of anilines is 1. The number of piperidine rings is 1. The zero-order valence-electron chi connectivity index (χ0n) is 17.4. The van der Waals surface area contributed by atoms with Gasteiger partial charge in [-0.1, -0.05) is 6.42 Å². The van der Waals surface area contributed by atoms with Gasteiger partial charge in [-0.2, -0.15) is 0 Å². The van der Waals surface area contributed by atoms with Crippen molar-refractivity contribution < 1.29 is 9.84 Å². The molecule has 2 atom stereocenters. The third kappa shape index (κ3) is 2.89. The van der Waals surface area contributed by atoms with E-state index in [1.807, 2.05) is 19.9 Å². The van der Waals surface area contributed by atoms with E-state index in [0.29, 0.717) is 6.61 Å². The van der Waals surface area contributed by atoms with Gasteiger partial charge in [-0.3, -0.25) is 4.79 Å². The normalized spacial score (nSPS) is 24.3. The van der Waals surface area contributed by atoms with Crippen LogP contribution < -0.4 is 15.2 Å². The van der Waals surface area contributed by atoms with Crippen LogP contribution in [0, 0.1) is 6.92 Å². The molecule has 0 spiro atoms. The first kappa shape index (κ1) is 18.7. The smallest absolute Gasteiger partial charge is 0.251 e. The second-order valence-corrected chi connectivity index (χ2v) is 8.72. The average Bonchev–Trinajstić information content (AvgIpc) is 2.70. The maximum atomic E-state index is 12.5. The molecule has 154 valence electrons. The van der Waals surface area contributed by atoms with Crippen LogP contribution in [0.2, 0.25) is 0 Å². The number of hydrogen-bond acceptors (Lipinski definition) is 5. The monoisotopic (exact) mass is 395 g/mol. The van der Waals surface area contributed by atoms with E-state index < -0.39 is 6.23 Å². The van der Waals surface area contributed by atoms with Gasteiger partial charge in [-0.25, -0.2) is 0 Å². The van der Waals surface area contributed by atoms with Gasteiger partial charge in [-0.15, -0.1) is 0 Å². The van der Waals surface area contributed by atoms with Crippen molar-refractivity contribution in [2.75, 3.05) is 31.1 Å².